The summed E-state index contributed by atoms with van der Waals surface area (Å²) in [6.45, 7) is 3.88. The number of hydrogen-bond acceptors (Lipinski definition) is 6. The summed E-state index contributed by atoms with van der Waals surface area (Å²) in [5.74, 6) is 0.279. The molecule has 0 aromatic carbocycles. The average Bonchev–Trinajstić information content (AvgIpc) is 2.89. The number of carbonyl (C=O) groups is 1. The Hall–Kier alpha value is -1.99. The molecule has 7 nitrogen and oxygen atoms in total. The Morgan fingerprint density at radius 1 is 1.40 bits per heavy atom. The molecule has 106 valence electrons. The Balaban J connectivity index is 1.88. The normalized spacial score (nSPS) is 16.4. The standard InChI is InChI=1S/C13H16N4O3/c1-19-13(18)10-3-2-4-12-14-11(15-17(10)12)9-16-5-7-20-8-6-16/h2-4H,5-9H2,1H3. The van der Waals surface area contributed by atoms with Gasteiger partial charge in [0.2, 0.25) is 0 Å². The van der Waals surface area contributed by atoms with E-state index in [0.29, 0.717) is 23.7 Å². The van der Waals surface area contributed by atoms with E-state index in [-0.39, 0.29) is 0 Å². The van der Waals surface area contributed by atoms with Crippen LogP contribution in [0.5, 0.6) is 0 Å². The van der Waals surface area contributed by atoms with Crippen molar-refractivity contribution < 1.29 is 14.3 Å². The lowest BCUT2D eigenvalue weighted by molar-refractivity contribution is 0.0331. The van der Waals surface area contributed by atoms with Gasteiger partial charge in [-0.25, -0.2) is 14.3 Å². The van der Waals surface area contributed by atoms with E-state index >= 15 is 0 Å². The molecule has 1 aliphatic heterocycles. The number of pyridine rings is 1. The van der Waals surface area contributed by atoms with Gasteiger partial charge in [0.1, 0.15) is 0 Å². The maximum Gasteiger partial charge on any atom is 0.356 e. The highest BCUT2D eigenvalue weighted by Crippen LogP contribution is 2.09. The number of ether oxygens (including phenoxy) is 2. The lowest BCUT2D eigenvalue weighted by atomic mass is 10.3. The van der Waals surface area contributed by atoms with E-state index in [1.165, 1.54) is 11.6 Å². The predicted octanol–water partition coefficient (Wildman–Crippen LogP) is 0.348. The Morgan fingerprint density at radius 2 is 2.20 bits per heavy atom. The second-order valence-corrected chi connectivity index (χ2v) is 4.59. The summed E-state index contributed by atoms with van der Waals surface area (Å²) in [5.41, 5.74) is 1.03. The zero-order chi connectivity index (χ0) is 13.9. The minimum Gasteiger partial charge on any atom is -0.464 e. The lowest BCUT2D eigenvalue weighted by Crippen LogP contribution is -2.35. The van der Waals surface area contributed by atoms with Crippen LogP contribution in [0.25, 0.3) is 5.65 Å². The molecule has 0 amide bonds. The van der Waals surface area contributed by atoms with Crippen LogP contribution < -0.4 is 0 Å². The number of fused-ring (bicyclic) bond motifs is 1. The molecule has 0 aliphatic carbocycles. The first-order valence-electron chi connectivity index (χ1n) is 6.51. The molecule has 0 atom stereocenters. The van der Waals surface area contributed by atoms with Crippen molar-refractivity contribution in [3.63, 3.8) is 0 Å². The van der Waals surface area contributed by atoms with Crippen LogP contribution in [0.2, 0.25) is 0 Å². The summed E-state index contributed by atoms with van der Waals surface area (Å²) in [4.78, 5) is 18.4. The first-order valence-corrected chi connectivity index (χ1v) is 6.51. The number of morpholine rings is 1. The van der Waals surface area contributed by atoms with Gasteiger partial charge in [0, 0.05) is 13.1 Å². The van der Waals surface area contributed by atoms with E-state index in [9.17, 15) is 4.79 Å². The van der Waals surface area contributed by atoms with Crippen LogP contribution in [0.15, 0.2) is 18.2 Å². The molecule has 3 rings (SSSR count). The molecule has 1 saturated heterocycles. The third kappa shape index (κ3) is 2.50. The van der Waals surface area contributed by atoms with Gasteiger partial charge in [-0.1, -0.05) is 6.07 Å². The Labute approximate surface area is 116 Å². The van der Waals surface area contributed by atoms with Gasteiger partial charge in [-0.2, -0.15) is 0 Å². The summed E-state index contributed by atoms with van der Waals surface area (Å²) in [6.07, 6.45) is 0. The molecule has 20 heavy (non-hydrogen) atoms. The third-order valence-corrected chi connectivity index (χ3v) is 3.27. The molecule has 0 bridgehead atoms. The van der Waals surface area contributed by atoms with Crippen molar-refractivity contribution in [2.45, 2.75) is 6.54 Å². The van der Waals surface area contributed by atoms with Gasteiger partial charge in [0.25, 0.3) is 0 Å². The zero-order valence-electron chi connectivity index (χ0n) is 11.3. The topological polar surface area (TPSA) is 69.0 Å². The molecule has 0 radical (unpaired) electrons. The second-order valence-electron chi connectivity index (χ2n) is 4.59. The van der Waals surface area contributed by atoms with Crippen molar-refractivity contribution >= 4 is 11.6 Å². The monoisotopic (exact) mass is 276 g/mol. The van der Waals surface area contributed by atoms with E-state index in [1.54, 1.807) is 12.1 Å². The highest BCUT2D eigenvalue weighted by molar-refractivity contribution is 5.88. The highest BCUT2D eigenvalue weighted by Gasteiger charge is 2.16. The number of rotatable bonds is 3. The molecule has 0 unspecified atom stereocenters. The molecule has 1 aliphatic rings. The van der Waals surface area contributed by atoms with Crippen molar-refractivity contribution in [2.24, 2.45) is 0 Å². The molecular formula is C13H16N4O3. The Kier molecular flexibility index (Phi) is 3.62. The van der Waals surface area contributed by atoms with Gasteiger partial charge in [-0.3, -0.25) is 4.90 Å². The number of carbonyl (C=O) groups excluding carboxylic acids is 1. The van der Waals surface area contributed by atoms with Crippen molar-refractivity contribution in [3.05, 3.63) is 29.7 Å². The van der Waals surface area contributed by atoms with Crippen LogP contribution in [0.1, 0.15) is 16.3 Å². The molecule has 0 spiro atoms. The fourth-order valence-electron chi connectivity index (χ4n) is 2.24. The van der Waals surface area contributed by atoms with Gasteiger partial charge in [-0.05, 0) is 12.1 Å². The maximum absolute atomic E-state index is 11.7. The van der Waals surface area contributed by atoms with Gasteiger partial charge in [0.15, 0.2) is 17.2 Å². The van der Waals surface area contributed by atoms with Crippen LogP contribution in [0.3, 0.4) is 0 Å². The van der Waals surface area contributed by atoms with Gasteiger partial charge in [-0.15, -0.1) is 5.10 Å². The third-order valence-electron chi connectivity index (χ3n) is 3.27. The van der Waals surface area contributed by atoms with Gasteiger partial charge in [0.05, 0.1) is 26.9 Å². The van der Waals surface area contributed by atoms with Crippen molar-refractivity contribution in [3.8, 4) is 0 Å². The van der Waals surface area contributed by atoms with Crippen LogP contribution >= 0.6 is 0 Å². The summed E-state index contributed by atoms with van der Waals surface area (Å²) in [6, 6.07) is 5.27. The van der Waals surface area contributed by atoms with Crippen LogP contribution in [0, 0.1) is 0 Å². The molecule has 1 fully saturated rings. The van der Waals surface area contributed by atoms with Crippen LogP contribution in [-0.2, 0) is 16.0 Å². The van der Waals surface area contributed by atoms with Crippen LogP contribution in [-0.4, -0.2) is 58.9 Å². The summed E-state index contributed by atoms with van der Waals surface area (Å²) in [7, 11) is 1.35. The van der Waals surface area contributed by atoms with E-state index in [4.69, 9.17) is 9.47 Å². The first-order chi connectivity index (χ1) is 9.78. The minimum atomic E-state index is -0.418. The summed E-state index contributed by atoms with van der Waals surface area (Å²) < 4.78 is 11.6. The first kappa shape index (κ1) is 13.0. The smallest absolute Gasteiger partial charge is 0.356 e. The zero-order valence-corrected chi connectivity index (χ0v) is 11.3. The summed E-state index contributed by atoms with van der Waals surface area (Å²) >= 11 is 0. The molecule has 7 heteroatoms. The molecule has 3 heterocycles. The van der Waals surface area contributed by atoms with E-state index in [2.05, 4.69) is 15.0 Å². The van der Waals surface area contributed by atoms with Gasteiger partial charge >= 0.3 is 5.97 Å². The highest BCUT2D eigenvalue weighted by atomic mass is 16.5. The number of esters is 1. The fraction of sp³-hybridized carbons (Fsp3) is 0.462. The van der Waals surface area contributed by atoms with E-state index < -0.39 is 5.97 Å². The SMILES string of the molecule is COC(=O)c1cccc2nc(CN3CCOCC3)nn12. The Morgan fingerprint density at radius 3 is 2.95 bits per heavy atom. The predicted molar refractivity (Wildman–Crippen MR) is 70.4 cm³/mol. The second kappa shape index (κ2) is 5.56. The minimum absolute atomic E-state index is 0.380. The van der Waals surface area contributed by atoms with Crippen molar-refractivity contribution in [1.82, 2.24) is 19.5 Å². The van der Waals surface area contributed by atoms with Crippen molar-refractivity contribution in [1.29, 1.82) is 0 Å². The molecular weight excluding hydrogens is 260 g/mol. The number of aromatic nitrogens is 3. The molecule has 0 saturated carbocycles. The fourth-order valence-corrected chi connectivity index (χ4v) is 2.24. The average molecular weight is 276 g/mol. The van der Waals surface area contributed by atoms with E-state index in [0.717, 1.165) is 26.3 Å². The number of nitrogens with zero attached hydrogens (tertiary/aromatic N) is 4. The van der Waals surface area contributed by atoms with E-state index in [1.807, 2.05) is 6.07 Å². The molecule has 2 aromatic rings. The summed E-state index contributed by atoms with van der Waals surface area (Å²) in [5, 5.41) is 4.40. The molecule has 2 aromatic heterocycles. The molecule has 0 N–H and O–H groups in total. The van der Waals surface area contributed by atoms with Gasteiger partial charge < -0.3 is 9.47 Å². The Bertz CT molecular complexity index is 619. The number of hydrogen-bond donors (Lipinski definition) is 0. The maximum atomic E-state index is 11.7. The lowest BCUT2D eigenvalue weighted by Gasteiger charge is -2.25. The van der Waals surface area contributed by atoms with Crippen LogP contribution in [0.4, 0.5) is 0 Å². The van der Waals surface area contributed by atoms with Crippen molar-refractivity contribution in [2.75, 3.05) is 33.4 Å². The quantitative estimate of drug-likeness (QED) is 0.753. The number of methoxy groups -OCH3 is 1. The largest absolute Gasteiger partial charge is 0.464 e.